The molecular formula is C16H25N3O. The lowest BCUT2D eigenvalue weighted by molar-refractivity contribution is -0.120. The first kappa shape index (κ1) is 14.9. The molecule has 1 aromatic rings. The van der Waals surface area contributed by atoms with Gasteiger partial charge in [0.25, 0.3) is 0 Å². The standard InChI is InChI=1S/C16H25N3O/c1-11-10-14(19(2)3)8-9-15(11)18-16(20)12-4-6-13(17)7-5-12/h8-10,12-13H,4-7,17H2,1-3H3,(H,18,20). The SMILES string of the molecule is Cc1cc(N(C)C)ccc1NC(=O)C1CCC(N)CC1. The molecule has 4 heteroatoms. The highest BCUT2D eigenvalue weighted by molar-refractivity contribution is 5.93. The van der Waals surface area contributed by atoms with Gasteiger partial charge in [-0.25, -0.2) is 0 Å². The number of rotatable bonds is 3. The maximum absolute atomic E-state index is 12.3. The predicted octanol–water partition coefficient (Wildman–Crippen LogP) is 2.52. The molecule has 1 aliphatic rings. The highest BCUT2D eigenvalue weighted by atomic mass is 16.1. The molecule has 0 atom stereocenters. The number of hydrogen-bond acceptors (Lipinski definition) is 3. The van der Waals surface area contributed by atoms with Gasteiger partial charge in [0.2, 0.25) is 5.91 Å². The van der Waals surface area contributed by atoms with Gasteiger partial charge >= 0.3 is 0 Å². The van der Waals surface area contributed by atoms with E-state index < -0.39 is 0 Å². The third kappa shape index (κ3) is 3.51. The van der Waals surface area contributed by atoms with Crippen LogP contribution in [0.2, 0.25) is 0 Å². The Hall–Kier alpha value is -1.55. The van der Waals surface area contributed by atoms with Crippen molar-refractivity contribution in [3.8, 4) is 0 Å². The number of aryl methyl sites for hydroxylation is 1. The molecule has 0 radical (unpaired) electrons. The van der Waals surface area contributed by atoms with Gasteiger partial charge in [0, 0.05) is 37.4 Å². The van der Waals surface area contributed by atoms with E-state index in [0.717, 1.165) is 42.6 Å². The molecular weight excluding hydrogens is 250 g/mol. The summed E-state index contributed by atoms with van der Waals surface area (Å²) >= 11 is 0. The Bertz CT molecular complexity index is 477. The first-order valence-electron chi connectivity index (χ1n) is 7.32. The lowest BCUT2D eigenvalue weighted by atomic mass is 9.86. The minimum Gasteiger partial charge on any atom is -0.378 e. The summed E-state index contributed by atoms with van der Waals surface area (Å²) in [6.07, 6.45) is 3.72. The summed E-state index contributed by atoms with van der Waals surface area (Å²) in [7, 11) is 4.02. The van der Waals surface area contributed by atoms with Gasteiger partial charge in [-0.15, -0.1) is 0 Å². The normalized spacial score (nSPS) is 22.4. The van der Waals surface area contributed by atoms with Gasteiger partial charge in [-0.3, -0.25) is 4.79 Å². The molecule has 20 heavy (non-hydrogen) atoms. The van der Waals surface area contributed by atoms with Gasteiger partial charge in [-0.05, 0) is 56.4 Å². The van der Waals surface area contributed by atoms with E-state index in [1.54, 1.807) is 0 Å². The summed E-state index contributed by atoms with van der Waals surface area (Å²) in [5.74, 6) is 0.250. The van der Waals surface area contributed by atoms with Crippen LogP contribution in [0.5, 0.6) is 0 Å². The van der Waals surface area contributed by atoms with E-state index in [4.69, 9.17) is 5.73 Å². The average molecular weight is 275 g/mol. The van der Waals surface area contributed by atoms with E-state index in [1.807, 2.05) is 33.2 Å². The summed E-state index contributed by atoms with van der Waals surface area (Å²) in [6, 6.07) is 6.38. The number of benzene rings is 1. The second-order valence-electron chi connectivity index (χ2n) is 5.99. The predicted molar refractivity (Wildman–Crippen MR) is 84.1 cm³/mol. The van der Waals surface area contributed by atoms with Crippen LogP contribution in [-0.4, -0.2) is 26.0 Å². The molecule has 0 heterocycles. The lowest BCUT2D eigenvalue weighted by Gasteiger charge is -2.25. The highest BCUT2D eigenvalue weighted by Crippen LogP contribution is 2.26. The first-order chi connectivity index (χ1) is 9.47. The first-order valence-corrected chi connectivity index (χ1v) is 7.32. The molecule has 2 rings (SSSR count). The zero-order chi connectivity index (χ0) is 14.7. The van der Waals surface area contributed by atoms with Crippen molar-refractivity contribution in [1.29, 1.82) is 0 Å². The van der Waals surface area contributed by atoms with Crippen molar-refractivity contribution in [1.82, 2.24) is 0 Å². The molecule has 0 bridgehead atoms. The van der Waals surface area contributed by atoms with E-state index in [1.165, 1.54) is 0 Å². The van der Waals surface area contributed by atoms with E-state index in [-0.39, 0.29) is 17.9 Å². The monoisotopic (exact) mass is 275 g/mol. The third-order valence-corrected chi connectivity index (χ3v) is 4.13. The van der Waals surface area contributed by atoms with Crippen molar-refractivity contribution in [3.05, 3.63) is 23.8 Å². The minimum atomic E-state index is 0.114. The van der Waals surface area contributed by atoms with Gasteiger partial charge in [0.05, 0.1) is 0 Å². The molecule has 0 aliphatic heterocycles. The Morgan fingerprint density at radius 3 is 2.45 bits per heavy atom. The molecule has 1 fully saturated rings. The topological polar surface area (TPSA) is 58.4 Å². The zero-order valence-corrected chi connectivity index (χ0v) is 12.6. The molecule has 110 valence electrons. The molecule has 0 saturated heterocycles. The van der Waals surface area contributed by atoms with Crippen molar-refractivity contribution >= 4 is 17.3 Å². The van der Waals surface area contributed by atoms with E-state index in [2.05, 4.69) is 16.3 Å². The van der Waals surface area contributed by atoms with Crippen LogP contribution in [0.25, 0.3) is 0 Å². The van der Waals surface area contributed by atoms with Gasteiger partial charge in [0.1, 0.15) is 0 Å². The number of nitrogens with one attached hydrogen (secondary N) is 1. The van der Waals surface area contributed by atoms with E-state index in [0.29, 0.717) is 0 Å². The molecule has 0 spiro atoms. The Morgan fingerprint density at radius 1 is 1.25 bits per heavy atom. The number of nitrogens with two attached hydrogens (primary N) is 1. The van der Waals surface area contributed by atoms with Crippen LogP contribution >= 0.6 is 0 Å². The van der Waals surface area contributed by atoms with Crippen LogP contribution in [0, 0.1) is 12.8 Å². The van der Waals surface area contributed by atoms with Crippen molar-refractivity contribution in [2.45, 2.75) is 38.6 Å². The number of amides is 1. The van der Waals surface area contributed by atoms with Crippen LogP contribution in [0.1, 0.15) is 31.2 Å². The molecule has 1 amide bonds. The third-order valence-electron chi connectivity index (χ3n) is 4.13. The number of carbonyl (C=O) groups is 1. The van der Waals surface area contributed by atoms with Crippen LogP contribution < -0.4 is 16.0 Å². The summed E-state index contributed by atoms with van der Waals surface area (Å²) in [6.45, 7) is 2.03. The van der Waals surface area contributed by atoms with Gasteiger partial charge in [-0.1, -0.05) is 0 Å². The minimum absolute atomic E-state index is 0.114. The fraction of sp³-hybridized carbons (Fsp3) is 0.562. The fourth-order valence-electron chi connectivity index (χ4n) is 2.68. The summed E-state index contributed by atoms with van der Waals surface area (Å²) in [5, 5.41) is 3.06. The second kappa shape index (κ2) is 6.27. The maximum atomic E-state index is 12.3. The summed E-state index contributed by atoms with van der Waals surface area (Å²) in [5.41, 5.74) is 9.03. The molecule has 1 aliphatic carbocycles. The molecule has 0 aromatic heterocycles. The summed E-state index contributed by atoms with van der Waals surface area (Å²) in [4.78, 5) is 14.3. The van der Waals surface area contributed by atoms with Crippen LogP contribution in [-0.2, 0) is 4.79 Å². The van der Waals surface area contributed by atoms with Crippen molar-refractivity contribution in [2.24, 2.45) is 11.7 Å². The quantitative estimate of drug-likeness (QED) is 0.891. The number of nitrogens with zero attached hydrogens (tertiary/aromatic N) is 1. The highest BCUT2D eigenvalue weighted by Gasteiger charge is 2.24. The van der Waals surface area contributed by atoms with Gasteiger partial charge < -0.3 is 16.0 Å². The van der Waals surface area contributed by atoms with E-state index in [9.17, 15) is 4.79 Å². The summed E-state index contributed by atoms with van der Waals surface area (Å²) < 4.78 is 0. The molecule has 4 nitrogen and oxygen atoms in total. The Kier molecular flexibility index (Phi) is 4.65. The van der Waals surface area contributed by atoms with Crippen molar-refractivity contribution < 1.29 is 4.79 Å². The molecule has 1 aromatic carbocycles. The fourth-order valence-corrected chi connectivity index (χ4v) is 2.68. The largest absolute Gasteiger partial charge is 0.378 e. The Labute approximate surface area is 121 Å². The zero-order valence-electron chi connectivity index (χ0n) is 12.6. The maximum Gasteiger partial charge on any atom is 0.227 e. The average Bonchev–Trinajstić information content (AvgIpc) is 2.41. The number of hydrogen-bond donors (Lipinski definition) is 2. The van der Waals surface area contributed by atoms with Gasteiger partial charge in [-0.2, -0.15) is 0 Å². The molecule has 0 unspecified atom stereocenters. The van der Waals surface area contributed by atoms with Crippen LogP contribution in [0.15, 0.2) is 18.2 Å². The van der Waals surface area contributed by atoms with Gasteiger partial charge in [0.15, 0.2) is 0 Å². The van der Waals surface area contributed by atoms with Crippen molar-refractivity contribution in [3.63, 3.8) is 0 Å². The second-order valence-corrected chi connectivity index (χ2v) is 5.99. The lowest BCUT2D eigenvalue weighted by Crippen LogP contribution is -2.32. The Balaban J connectivity index is 2.01. The van der Waals surface area contributed by atoms with Crippen molar-refractivity contribution in [2.75, 3.05) is 24.3 Å². The number of anilines is 2. The molecule has 3 N–H and O–H groups in total. The van der Waals surface area contributed by atoms with Crippen LogP contribution in [0.3, 0.4) is 0 Å². The van der Waals surface area contributed by atoms with Crippen LogP contribution in [0.4, 0.5) is 11.4 Å². The Morgan fingerprint density at radius 2 is 1.90 bits per heavy atom. The smallest absolute Gasteiger partial charge is 0.227 e. The van der Waals surface area contributed by atoms with E-state index >= 15 is 0 Å². The number of carbonyl (C=O) groups excluding carboxylic acids is 1. The molecule has 1 saturated carbocycles.